The molecule has 2 aromatic heterocycles. The number of nitrogens with zero attached hydrogens (tertiary/aromatic N) is 5. The van der Waals surface area contributed by atoms with Gasteiger partial charge in [-0.3, -0.25) is 14.8 Å². The fraction of sp³-hybridized carbons (Fsp3) is 0.222. The highest BCUT2D eigenvalue weighted by molar-refractivity contribution is 5.30. The SMILES string of the molecule is Cn1ccc(CNc2ncc([N+](=O)[O-])cn2)n1. The van der Waals surface area contributed by atoms with Gasteiger partial charge >= 0.3 is 5.69 Å². The molecule has 0 saturated carbocycles. The van der Waals surface area contributed by atoms with Crippen LogP contribution in [0.4, 0.5) is 11.6 Å². The van der Waals surface area contributed by atoms with Crippen molar-refractivity contribution in [1.82, 2.24) is 19.7 Å². The largest absolute Gasteiger partial charge is 0.348 e. The molecule has 0 saturated heterocycles. The molecule has 88 valence electrons. The average Bonchev–Trinajstić information content (AvgIpc) is 2.73. The van der Waals surface area contributed by atoms with E-state index in [2.05, 4.69) is 20.4 Å². The quantitative estimate of drug-likeness (QED) is 0.618. The summed E-state index contributed by atoms with van der Waals surface area (Å²) in [4.78, 5) is 17.5. The van der Waals surface area contributed by atoms with Gasteiger partial charge in [-0.25, -0.2) is 9.97 Å². The Labute approximate surface area is 96.5 Å². The van der Waals surface area contributed by atoms with E-state index in [1.54, 1.807) is 4.68 Å². The molecule has 8 nitrogen and oxygen atoms in total. The molecule has 17 heavy (non-hydrogen) atoms. The van der Waals surface area contributed by atoms with Crippen LogP contribution in [0.2, 0.25) is 0 Å². The molecule has 2 heterocycles. The Morgan fingerprint density at radius 3 is 2.71 bits per heavy atom. The van der Waals surface area contributed by atoms with Gasteiger partial charge in [0.25, 0.3) is 0 Å². The number of nitro groups is 1. The van der Waals surface area contributed by atoms with E-state index in [0.717, 1.165) is 18.1 Å². The summed E-state index contributed by atoms with van der Waals surface area (Å²) in [6.07, 6.45) is 4.15. The second kappa shape index (κ2) is 4.56. The zero-order valence-corrected chi connectivity index (χ0v) is 9.07. The maximum atomic E-state index is 10.4. The molecule has 1 N–H and O–H groups in total. The molecule has 0 aliphatic heterocycles. The average molecular weight is 234 g/mol. The first-order chi connectivity index (χ1) is 8.15. The van der Waals surface area contributed by atoms with E-state index >= 15 is 0 Å². The van der Waals surface area contributed by atoms with E-state index in [9.17, 15) is 10.1 Å². The number of rotatable bonds is 4. The normalized spacial score (nSPS) is 10.2. The van der Waals surface area contributed by atoms with Gasteiger partial charge in [0.1, 0.15) is 12.4 Å². The minimum absolute atomic E-state index is 0.131. The van der Waals surface area contributed by atoms with Crippen molar-refractivity contribution < 1.29 is 4.92 Å². The van der Waals surface area contributed by atoms with Gasteiger partial charge in [-0.1, -0.05) is 0 Å². The molecule has 0 bridgehead atoms. The summed E-state index contributed by atoms with van der Waals surface area (Å²) in [6.45, 7) is 0.471. The van der Waals surface area contributed by atoms with Crippen LogP contribution in [-0.2, 0) is 13.6 Å². The molecule has 0 unspecified atom stereocenters. The van der Waals surface area contributed by atoms with Gasteiger partial charge in [0.05, 0.1) is 17.2 Å². The second-order valence-electron chi connectivity index (χ2n) is 3.36. The van der Waals surface area contributed by atoms with Crippen LogP contribution in [-0.4, -0.2) is 24.7 Å². The molecule has 0 aliphatic rings. The smallest absolute Gasteiger partial charge is 0.305 e. The molecule has 0 aliphatic carbocycles. The van der Waals surface area contributed by atoms with E-state index in [1.165, 1.54) is 0 Å². The van der Waals surface area contributed by atoms with Gasteiger partial charge in [-0.15, -0.1) is 0 Å². The van der Waals surface area contributed by atoms with Crippen molar-refractivity contribution >= 4 is 11.6 Å². The van der Waals surface area contributed by atoms with Crippen molar-refractivity contribution in [2.45, 2.75) is 6.54 Å². The summed E-state index contributed by atoms with van der Waals surface area (Å²) in [5.41, 5.74) is 0.711. The van der Waals surface area contributed by atoms with Crippen LogP contribution in [0.3, 0.4) is 0 Å². The lowest BCUT2D eigenvalue weighted by Gasteiger charge is -2.00. The van der Waals surface area contributed by atoms with Crippen LogP contribution in [0.25, 0.3) is 0 Å². The van der Waals surface area contributed by atoms with Crippen molar-refractivity contribution in [2.24, 2.45) is 7.05 Å². The highest BCUT2D eigenvalue weighted by atomic mass is 16.6. The first kappa shape index (κ1) is 11.0. The summed E-state index contributed by atoms with van der Waals surface area (Å²) in [6, 6.07) is 1.86. The van der Waals surface area contributed by atoms with Gasteiger partial charge in [0.2, 0.25) is 5.95 Å². The zero-order valence-electron chi connectivity index (χ0n) is 9.07. The van der Waals surface area contributed by atoms with Gasteiger partial charge in [-0.05, 0) is 6.07 Å². The van der Waals surface area contributed by atoms with Crippen LogP contribution in [0.1, 0.15) is 5.69 Å². The third-order valence-corrected chi connectivity index (χ3v) is 2.05. The predicted octanol–water partition coefficient (Wildman–Crippen LogP) is 0.730. The number of nitrogens with one attached hydrogen (secondary N) is 1. The maximum absolute atomic E-state index is 10.4. The monoisotopic (exact) mass is 234 g/mol. The fourth-order valence-electron chi connectivity index (χ4n) is 1.23. The first-order valence-electron chi connectivity index (χ1n) is 4.84. The van der Waals surface area contributed by atoms with E-state index in [-0.39, 0.29) is 5.69 Å². The van der Waals surface area contributed by atoms with Gasteiger partial charge in [-0.2, -0.15) is 5.10 Å². The van der Waals surface area contributed by atoms with Crippen LogP contribution in [0.5, 0.6) is 0 Å². The van der Waals surface area contributed by atoms with E-state index < -0.39 is 4.92 Å². The van der Waals surface area contributed by atoms with Gasteiger partial charge in [0, 0.05) is 13.2 Å². The molecule has 8 heteroatoms. The third-order valence-electron chi connectivity index (χ3n) is 2.05. The molecule has 2 aromatic rings. The van der Waals surface area contributed by atoms with E-state index in [4.69, 9.17) is 0 Å². The first-order valence-corrected chi connectivity index (χ1v) is 4.84. The Morgan fingerprint density at radius 2 is 2.18 bits per heavy atom. The minimum atomic E-state index is -0.539. The lowest BCUT2D eigenvalue weighted by Crippen LogP contribution is -2.04. The van der Waals surface area contributed by atoms with E-state index in [0.29, 0.717) is 12.5 Å². The van der Waals surface area contributed by atoms with Crippen molar-refractivity contribution in [3.8, 4) is 0 Å². The number of hydrogen-bond acceptors (Lipinski definition) is 6. The Bertz CT molecular complexity index is 521. The van der Waals surface area contributed by atoms with Gasteiger partial charge in [0.15, 0.2) is 0 Å². The second-order valence-corrected chi connectivity index (χ2v) is 3.36. The van der Waals surface area contributed by atoms with Crippen molar-refractivity contribution in [1.29, 1.82) is 0 Å². The highest BCUT2D eigenvalue weighted by Crippen LogP contribution is 2.08. The lowest BCUT2D eigenvalue weighted by molar-refractivity contribution is -0.385. The van der Waals surface area contributed by atoms with Crippen LogP contribution < -0.4 is 5.32 Å². The van der Waals surface area contributed by atoms with Crippen LogP contribution >= 0.6 is 0 Å². The van der Waals surface area contributed by atoms with Crippen molar-refractivity contribution in [3.05, 3.63) is 40.5 Å². The Morgan fingerprint density at radius 1 is 1.47 bits per heavy atom. The summed E-state index contributed by atoms with van der Waals surface area (Å²) in [5.74, 6) is 0.334. The van der Waals surface area contributed by atoms with Crippen molar-refractivity contribution in [2.75, 3.05) is 5.32 Å². The summed E-state index contributed by atoms with van der Waals surface area (Å²) in [7, 11) is 1.83. The fourth-order valence-corrected chi connectivity index (χ4v) is 1.23. The van der Waals surface area contributed by atoms with Gasteiger partial charge < -0.3 is 5.32 Å². The summed E-state index contributed by atoms with van der Waals surface area (Å²) < 4.78 is 1.69. The Kier molecular flexibility index (Phi) is 2.95. The molecular weight excluding hydrogens is 224 g/mol. The third kappa shape index (κ3) is 2.74. The maximum Gasteiger partial charge on any atom is 0.305 e. The molecule has 0 spiro atoms. The standard InChI is InChI=1S/C9H10N6O2/c1-14-3-2-7(13-14)4-10-9-11-5-8(6-12-9)15(16)17/h2-3,5-6H,4H2,1H3,(H,10,11,12). The summed E-state index contributed by atoms with van der Waals surface area (Å²) in [5, 5.41) is 17.5. The molecular formula is C9H10N6O2. The minimum Gasteiger partial charge on any atom is -0.348 e. The Hall–Kier alpha value is -2.51. The highest BCUT2D eigenvalue weighted by Gasteiger charge is 2.06. The van der Waals surface area contributed by atoms with E-state index in [1.807, 2.05) is 19.3 Å². The molecule has 0 amide bonds. The summed E-state index contributed by atoms with van der Waals surface area (Å²) >= 11 is 0. The zero-order chi connectivity index (χ0) is 12.3. The van der Waals surface area contributed by atoms with Crippen molar-refractivity contribution in [3.63, 3.8) is 0 Å². The Balaban J connectivity index is 1.97. The molecule has 0 radical (unpaired) electrons. The number of aromatic nitrogens is 4. The number of anilines is 1. The molecule has 0 fully saturated rings. The number of aryl methyl sites for hydroxylation is 1. The predicted molar refractivity (Wildman–Crippen MR) is 59.2 cm³/mol. The number of hydrogen-bond donors (Lipinski definition) is 1. The molecule has 0 aromatic carbocycles. The van der Waals surface area contributed by atoms with Crippen LogP contribution in [0.15, 0.2) is 24.7 Å². The molecule has 2 rings (SSSR count). The van der Waals surface area contributed by atoms with Crippen LogP contribution in [0, 0.1) is 10.1 Å². The molecule has 0 atom stereocenters. The topological polar surface area (TPSA) is 98.8 Å². The lowest BCUT2D eigenvalue weighted by atomic mass is 10.4.